The summed E-state index contributed by atoms with van der Waals surface area (Å²) in [5.41, 5.74) is 4.67. The van der Waals surface area contributed by atoms with Crippen molar-refractivity contribution in [3.8, 4) is 5.75 Å². The van der Waals surface area contributed by atoms with Crippen molar-refractivity contribution >= 4 is 27.5 Å². The zero-order valence-corrected chi connectivity index (χ0v) is 28.2. The number of hydrogen-bond donors (Lipinski definition) is 1. The molecule has 1 atom stereocenters. The highest BCUT2D eigenvalue weighted by molar-refractivity contribution is 7.92. The average Bonchev–Trinajstić information content (AvgIpc) is 3.02. The van der Waals surface area contributed by atoms with E-state index in [-0.39, 0.29) is 35.5 Å². The van der Waals surface area contributed by atoms with Crippen molar-refractivity contribution in [2.75, 3.05) is 18.0 Å². The highest BCUT2D eigenvalue weighted by Gasteiger charge is 2.35. The molecule has 0 aliphatic heterocycles. The number of methoxy groups -OCH3 is 1. The number of carbonyl (C=O) groups is 2. The summed E-state index contributed by atoms with van der Waals surface area (Å²) in [6, 6.07) is 27.8. The molecule has 0 saturated carbocycles. The number of carbonyl (C=O) groups excluding carboxylic acids is 2. The van der Waals surface area contributed by atoms with E-state index >= 15 is 0 Å². The lowest BCUT2D eigenvalue weighted by Crippen LogP contribution is -2.54. The van der Waals surface area contributed by atoms with Gasteiger partial charge in [-0.15, -0.1) is 0 Å². The minimum atomic E-state index is -4.25. The lowest BCUT2D eigenvalue weighted by atomic mass is 10.0. The molecule has 0 aliphatic carbocycles. The molecule has 4 aromatic rings. The lowest BCUT2D eigenvalue weighted by molar-refractivity contribution is -0.140. The Balaban J connectivity index is 1.85. The second-order valence-electron chi connectivity index (χ2n) is 11.9. The van der Waals surface area contributed by atoms with Crippen LogP contribution in [0.1, 0.15) is 41.7 Å². The number of ether oxygens (including phenoxy) is 1. The Labute approximate surface area is 273 Å². The third-order valence-corrected chi connectivity index (χ3v) is 9.44. The molecule has 9 heteroatoms. The number of rotatable bonds is 13. The molecule has 4 rings (SSSR count). The van der Waals surface area contributed by atoms with Gasteiger partial charge in [-0.05, 0) is 75.6 Å². The summed E-state index contributed by atoms with van der Waals surface area (Å²) < 4.78 is 35.4. The monoisotopic (exact) mass is 641 g/mol. The third kappa shape index (κ3) is 8.54. The minimum absolute atomic E-state index is 0.0398. The van der Waals surface area contributed by atoms with Crippen molar-refractivity contribution in [3.63, 3.8) is 0 Å². The molecule has 0 aliphatic rings. The first-order chi connectivity index (χ1) is 21.9. The second-order valence-corrected chi connectivity index (χ2v) is 13.7. The molecule has 0 radical (unpaired) electrons. The van der Waals surface area contributed by atoms with Crippen LogP contribution in [0.5, 0.6) is 5.75 Å². The summed E-state index contributed by atoms with van der Waals surface area (Å²) in [7, 11) is -2.79. The maximum absolute atomic E-state index is 14.6. The quantitative estimate of drug-likeness (QED) is 0.194. The standard InChI is InChI=1S/C37H43N3O5S/c1-26(2)38-37(42)34(23-30-10-8-7-9-11-30)39(24-31-17-12-27(3)13-18-31)36(41)25-40(33-22-29(5)16-21-35(33)45-6)46(43,44)32-19-14-28(4)15-20-32/h7-22,26,34H,23-25H2,1-6H3,(H,38,42)/t34-/m0/s1. The molecule has 4 aromatic carbocycles. The van der Waals surface area contributed by atoms with Gasteiger partial charge in [0, 0.05) is 19.0 Å². The maximum Gasteiger partial charge on any atom is 0.264 e. The van der Waals surface area contributed by atoms with E-state index in [1.807, 2.05) is 95.3 Å². The number of nitrogens with one attached hydrogen (secondary N) is 1. The Morgan fingerprint density at radius 1 is 0.783 bits per heavy atom. The Kier molecular flexibility index (Phi) is 11.2. The van der Waals surface area contributed by atoms with Crippen molar-refractivity contribution in [1.29, 1.82) is 0 Å². The topological polar surface area (TPSA) is 96.0 Å². The zero-order valence-electron chi connectivity index (χ0n) is 27.4. The van der Waals surface area contributed by atoms with E-state index in [0.717, 1.165) is 32.1 Å². The number of sulfonamides is 1. The van der Waals surface area contributed by atoms with Gasteiger partial charge in [0.1, 0.15) is 18.3 Å². The highest BCUT2D eigenvalue weighted by atomic mass is 32.2. The van der Waals surface area contributed by atoms with Crippen LogP contribution in [0.25, 0.3) is 0 Å². The van der Waals surface area contributed by atoms with Gasteiger partial charge in [-0.25, -0.2) is 8.42 Å². The average molecular weight is 642 g/mol. The van der Waals surface area contributed by atoms with Gasteiger partial charge in [-0.3, -0.25) is 13.9 Å². The van der Waals surface area contributed by atoms with Crippen molar-refractivity contribution in [1.82, 2.24) is 10.2 Å². The summed E-state index contributed by atoms with van der Waals surface area (Å²) >= 11 is 0. The Bertz CT molecular complexity index is 1740. The SMILES string of the molecule is COc1ccc(C)cc1N(CC(=O)N(Cc1ccc(C)cc1)[C@@H](Cc1ccccc1)C(=O)NC(C)C)S(=O)(=O)c1ccc(C)cc1. The van der Waals surface area contributed by atoms with E-state index in [1.165, 1.54) is 24.1 Å². The van der Waals surface area contributed by atoms with E-state index in [9.17, 15) is 18.0 Å². The predicted octanol–water partition coefficient (Wildman–Crippen LogP) is 5.98. The van der Waals surface area contributed by atoms with Crippen LogP contribution in [-0.2, 0) is 32.6 Å². The van der Waals surface area contributed by atoms with Gasteiger partial charge in [-0.2, -0.15) is 0 Å². The summed E-state index contributed by atoms with van der Waals surface area (Å²) in [6.45, 7) is 8.97. The Morgan fingerprint density at radius 3 is 1.96 bits per heavy atom. The minimum Gasteiger partial charge on any atom is -0.495 e. The largest absolute Gasteiger partial charge is 0.495 e. The van der Waals surface area contributed by atoms with Gasteiger partial charge in [0.05, 0.1) is 17.7 Å². The molecule has 0 aromatic heterocycles. The fraction of sp³-hybridized carbons (Fsp3) is 0.297. The summed E-state index contributed by atoms with van der Waals surface area (Å²) in [6.07, 6.45) is 0.246. The molecule has 8 nitrogen and oxygen atoms in total. The van der Waals surface area contributed by atoms with Gasteiger partial charge in [0.25, 0.3) is 10.0 Å². The molecular formula is C37H43N3O5S. The first kappa shape index (κ1) is 34.2. The number of anilines is 1. The zero-order chi connectivity index (χ0) is 33.4. The lowest BCUT2D eigenvalue weighted by Gasteiger charge is -2.34. The molecule has 0 fully saturated rings. The summed E-state index contributed by atoms with van der Waals surface area (Å²) in [5, 5.41) is 2.98. The molecule has 0 spiro atoms. The van der Waals surface area contributed by atoms with Gasteiger partial charge in [0.2, 0.25) is 11.8 Å². The normalized spacial score (nSPS) is 12.0. The van der Waals surface area contributed by atoms with Crippen LogP contribution in [0.3, 0.4) is 0 Å². The molecule has 2 amide bonds. The molecule has 1 N–H and O–H groups in total. The van der Waals surface area contributed by atoms with Crippen molar-refractivity contribution < 1.29 is 22.7 Å². The summed E-state index contributed by atoms with van der Waals surface area (Å²) in [5.74, 6) is -0.544. The van der Waals surface area contributed by atoms with Gasteiger partial charge >= 0.3 is 0 Å². The number of hydrogen-bond acceptors (Lipinski definition) is 5. The van der Waals surface area contributed by atoms with Crippen LogP contribution >= 0.6 is 0 Å². The van der Waals surface area contributed by atoms with E-state index in [4.69, 9.17) is 4.74 Å². The molecule has 242 valence electrons. The predicted molar refractivity (Wildman–Crippen MR) is 182 cm³/mol. The molecule has 0 unspecified atom stereocenters. The van der Waals surface area contributed by atoms with Crippen LogP contribution in [0.15, 0.2) is 102 Å². The van der Waals surface area contributed by atoms with Gasteiger partial charge < -0.3 is 15.0 Å². The molecule has 46 heavy (non-hydrogen) atoms. The number of amides is 2. The molecule has 0 bridgehead atoms. The van der Waals surface area contributed by atoms with Crippen molar-refractivity contribution in [3.05, 3.63) is 125 Å². The van der Waals surface area contributed by atoms with Crippen LogP contribution < -0.4 is 14.4 Å². The van der Waals surface area contributed by atoms with E-state index in [2.05, 4.69) is 5.32 Å². The highest BCUT2D eigenvalue weighted by Crippen LogP contribution is 2.34. The smallest absolute Gasteiger partial charge is 0.264 e. The fourth-order valence-corrected chi connectivity index (χ4v) is 6.59. The molecule has 0 saturated heterocycles. The van der Waals surface area contributed by atoms with Gasteiger partial charge in [0.15, 0.2) is 0 Å². The first-order valence-corrected chi connectivity index (χ1v) is 16.8. The summed E-state index contributed by atoms with van der Waals surface area (Å²) in [4.78, 5) is 30.0. The number of nitrogens with zero attached hydrogens (tertiary/aromatic N) is 2. The van der Waals surface area contributed by atoms with Crippen molar-refractivity contribution in [2.24, 2.45) is 0 Å². The Morgan fingerprint density at radius 2 is 1.37 bits per heavy atom. The van der Waals surface area contributed by atoms with E-state index in [1.54, 1.807) is 24.3 Å². The fourth-order valence-electron chi connectivity index (χ4n) is 5.17. The van der Waals surface area contributed by atoms with E-state index < -0.39 is 28.5 Å². The third-order valence-electron chi connectivity index (χ3n) is 7.67. The Hall–Kier alpha value is -4.63. The number of aryl methyl sites for hydroxylation is 3. The van der Waals surface area contributed by atoms with Gasteiger partial charge in [-0.1, -0.05) is 83.9 Å². The van der Waals surface area contributed by atoms with Crippen LogP contribution in [-0.4, -0.2) is 50.9 Å². The molecule has 0 heterocycles. The van der Waals surface area contributed by atoms with Crippen LogP contribution in [0, 0.1) is 20.8 Å². The van der Waals surface area contributed by atoms with Crippen LogP contribution in [0.4, 0.5) is 5.69 Å². The van der Waals surface area contributed by atoms with E-state index in [0.29, 0.717) is 5.75 Å². The second kappa shape index (κ2) is 15.1. The van der Waals surface area contributed by atoms with Crippen molar-refractivity contribution in [2.45, 2.75) is 64.6 Å². The molecular weight excluding hydrogens is 598 g/mol. The van der Waals surface area contributed by atoms with Crippen LogP contribution in [0.2, 0.25) is 0 Å². The first-order valence-electron chi connectivity index (χ1n) is 15.3. The maximum atomic E-state index is 14.6. The number of benzene rings is 4.